The van der Waals surface area contributed by atoms with Crippen molar-refractivity contribution in [2.75, 3.05) is 26.4 Å². The molecule has 79 heavy (non-hydrogen) atoms. The monoisotopic (exact) mass is 1120 g/mol. The SMILES string of the molecule is C=C([C@@H](CC)C(C)C)[C@@](CCC)(C(C)OP(Oc1ccc(C)cc1C1CCCCO1)Oc1ccc(C)cc1C1CCCCO1)C(C)/C(=C/C)OP(Oc1ccc(C)cc1C1CCCCO1)OC1C=CC(C)=CC1C1CCCCO1. The second-order valence-electron chi connectivity index (χ2n) is 23.6. The van der Waals surface area contributed by atoms with E-state index in [4.69, 9.17) is 52.7 Å². The number of aryl methyl sites for hydroxylation is 3. The molecule has 0 amide bonds. The standard InChI is InChI=1S/C67H96O10P2/c1-13-36-67(50(10)53(14-2)45(4)5,52(12)72-78(74-63-32-28-46(6)41-54(63)59-24-16-20-37-68-59)75-64-33-29-47(7)42-55(64)60-25-17-21-38-69-60)51(11)58(15-3)73-79(76-65-34-30-48(8)43-56(65)61-26-18-22-39-70-61)77-66-35-31-49(9)44-57(66)62-27-19-23-40-71-62/h15,28-35,41-45,51-53,56,59-62,65H,10,13-14,16-27,36-40H2,1-9,11-12H3/b58-15-/t51?,52?,53-,56?,59?,60?,61?,62?,65?,67+,78?,79?/m0/s1. The molecule has 4 heterocycles. The molecule has 8 rings (SSSR count). The van der Waals surface area contributed by atoms with Crippen LogP contribution >= 0.6 is 17.2 Å². The van der Waals surface area contributed by atoms with Gasteiger partial charge in [-0.05, 0) is 186 Å². The van der Waals surface area contributed by atoms with E-state index >= 15 is 0 Å². The van der Waals surface area contributed by atoms with Gasteiger partial charge in [0, 0.05) is 60.4 Å². The van der Waals surface area contributed by atoms with E-state index in [1.807, 2.05) is 0 Å². The lowest BCUT2D eigenvalue weighted by molar-refractivity contribution is -0.0328. The normalized spacial score (nSPS) is 25.8. The Morgan fingerprint density at radius 2 is 1.14 bits per heavy atom. The molecule has 1 aliphatic carbocycles. The van der Waals surface area contributed by atoms with Gasteiger partial charge in [0.05, 0.1) is 36.6 Å². The zero-order valence-electron chi connectivity index (χ0n) is 49.9. The lowest BCUT2D eigenvalue weighted by Gasteiger charge is -2.49. The van der Waals surface area contributed by atoms with Gasteiger partial charge in [-0.1, -0.05) is 112 Å². The topological polar surface area (TPSA) is 92.3 Å². The smallest absolute Gasteiger partial charge is 0.422 e. The molecule has 3 aromatic rings. The van der Waals surface area contributed by atoms with Crippen LogP contribution in [-0.4, -0.2) is 44.7 Å². The van der Waals surface area contributed by atoms with Crippen LogP contribution in [0.25, 0.3) is 0 Å². The Balaban J connectivity index is 1.20. The van der Waals surface area contributed by atoms with Crippen LogP contribution in [0.5, 0.6) is 17.2 Å². The summed E-state index contributed by atoms with van der Waals surface area (Å²) in [5.74, 6) is 3.10. The van der Waals surface area contributed by atoms with Gasteiger partial charge in [0.15, 0.2) is 0 Å². The fourth-order valence-corrected chi connectivity index (χ4v) is 15.6. The van der Waals surface area contributed by atoms with Gasteiger partial charge in [-0.2, -0.15) is 0 Å². The fraction of sp³-hybridized carbons (Fsp3) is 0.612. The van der Waals surface area contributed by atoms with E-state index in [0.717, 1.165) is 173 Å². The average Bonchev–Trinajstić information content (AvgIpc) is 3.50. The van der Waals surface area contributed by atoms with Crippen molar-refractivity contribution in [3.05, 3.63) is 136 Å². The molecule has 9 unspecified atom stereocenters. The highest BCUT2D eigenvalue weighted by molar-refractivity contribution is 7.42. The van der Waals surface area contributed by atoms with E-state index in [9.17, 15) is 0 Å². The largest absolute Gasteiger partial charge is 0.463 e. The zero-order chi connectivity index (χ0) is 56.1. The molecule has 10 nitrogen and oxygen atoms in total. The van der Waals surface area contributed by atoms with Gasteiger partial charge >= 0.3 is 17.2 Å². The molecule has 4 fully saturated rings. The lowest BCUT2D eigenvalue weighted by Crippen LogP contribution is -2.45. The summed E-state index contributed by atoms with van der Waals surface area (Å²) in [5, 5.41) is 0. The van der Waals surface area contributed by atoms with Crippen molar-refractivity contribution in [3.63, 3.8) is 0 Å². The number of rotatable bonds is 25. The maximum atomic E-state index is 7.63. The minimum Gasteiger partial charge on any atom is -0.422 e. The minimum absolute atomic E-state index is 0.00595. The van der Waals surface area contributed by atoms with Gasteiger partial charge in [-0.25, -0.2) is 0 Å². The van der Waals surface area contributed by atoms with Crippen LogP contribution < -0.4 is 13.6 Å². The van der Waals surface area contributed by atoms with Crippen molar-refractivity contribution >= 4 is 17.2 Å². The van der Waals surface area contributed by atoms with E-state index in [-0.39, 0.29) is 48.3 Å². The molecule has 4 aliphatic heterocycles. The number of ether oxygens (including phenoxy) is 4. The highest BCUT2D eigenvalue weighted by atomic mass is 31.2. The van der Waals surface area contributed by atoms with E-state index < -0.39 is 28.7 Å². The van der Waals surface area contributed by atoms with E-state index in [1.165, 1.54) is 5.57 Å². The summed E-state index contributed by atoms with van der Waals surface area (Å²) >= 11 is 0. The molecule has 11 atom stereocenters. The first-order valence-electron chi connectivity index (χ1n) is 30.4. The Kier molecular flexibility index (Phi) is 23.1. The van der Waals surface area contributed by atoms with Gasteiger partial charge in [-0.15, -0.1) is 0 Å². The maximum absolute atomic E-state index is 7.63. The summed E-state index contributed by atoms with van der Waals surface area (Å²) in [6.07, 6.45) is 22.6. The van der Waals surface area contributed by atoms with Crippen molar-refractivity contribution in [1.29, 1.82) is 0 Å². The van der Waals surface area contributed by atoms with Crippen molar-refractivity contribution in [3.8, 4) is 17.2 Å². The molecule has 5 aliphatic rings. The molecule has 4 saturated heterocycles. The Morgan fingerprint density at radius 1 is 0.658 bits per heavy atom. The number of hydrogen-bond acceptors (Lipinski definition) is 10. The van der Waals surface area contributed by atoms with Crippen LogP contribution in [0.15, 0.2) is 102 Å². The highest BCUT2D eigenvalue weighted by Crippen LogP contribution is 2.59. The second-order valence-corrected chi connectivity index (χ2v) is 25.6. The predicted octanol–water partition coefficient (Wildman–Crippen LogP) is 19.4. The molecule has 0 radical (unpaired) electrons. The van der Waals surface area contributed by atoms with Crippen molar-refractivity contribution in [2.24, 2.45) is 29.1 Å². The van der Waals surface area contributed by atoms with Gasteiger partial charge in [0.2, 0.25) is 0 Å². The molecular formula is C67H96O10P2. The van der Waals surface area contributed by atoms with Crippen molar-refractivity contribution < 1.29 is 46.1 Å². The number of benzene rings is 3. The molecule has 0 bridgehead atoms. The number of allylic oxidation sites excluding steroid dienone is 4. The third kappa shape index (κ3) is 15.6. The van der Waals surface area contributed by atoms with E-state index in [1.54, 1.807) is 0 Å². The Bertz CT molecular complexity index is 2450. The minimum atomic E-state index is -2.12. The molecule has 0 N–H and O–H groups in total. The summed E-state index contributed by atoms with van der Waals surface area (Å²) in [5.41, 5.74) is 8.16. The lowest BCUT2D eigenvalue weighted by atomic mass is 9.59. The van der Waals surface area contributed by atoms with Crippen molar-refractivity contribution in [2.45, 2.75) is 209 Å². The third-order valence-electron chi connectivity index (χ3n) is 17.4. The van der Waals surface area contributed by atoms with Gasteiger partial charge in [0.1, 0.15) is 23.0 Å². The molecular weight excluding hydrogens is 1030 g/mol. The Labute approximate surface area is 478 Å². The first kappa shape index (κ1) is 61.5. The van der Waals surface area contributed by atoms with E-state index in [2.05, 4.69) is 155 Å². The second kappa shape index (κ2) is 29.6. The van der Waals surface area contributed by atoms with Crippen LogP contribution in [0.4, 0.5) is 0 Å². The summed E-state index contributed by atoms with van der Waals surface area (Å²) in [6.45, 7) is 32.3. The Hall–Kier alpha value is -3.56. The van der Waals surface area contributed by atoms with E-state index in [0.29, 0.717) is 17.4 Å². The fourth-order valence-electron chi connectivity index (χ4n) is 13.0. The first-order valence-corrected chi connectivity index (χ1v) is 32.6. The molecule has 12 heteroatoms. The summed E-state index contributed by atoms with van der Waals surface area (Å²) in [7, 11) is -4.20. The van der Waals surface area contributed by atoms with Crippen LogP contribution in [0.3, 0.4) is 0 Å². The molecule has 0 spiro atoms. The predicted molar refractivity (Wildman–Crippen MR) is 321 cm³/mol. The van der Waals surface area contributed by atoms with Gasteiger partial charge < -0.3 is 37.0 Å². The maximum Gasteiger partial charge on any atom is 0.463 e. The Morgan fingerprint density at radius 3 is 1.56 bits per heavy atom. The molecule has 3 aromatic carbocycles. The molecule has 0 saturated carbocycles. The average molecular weight is 1120 g/mol. The zero-order valence-corrected chi connectivity index (χ0v) is 51.7. The van der Waals surface area contributed by atoms with Crippen LogP contribution in [0.2, 0.25) is 0 Å². The third-order valence-corrected chi connectivity index (χ3v) is 19.7. The van der Waals surface area contributed by atoms with Gasteiger partial charge in [-0.3, -0.25) is 9.05 Å². The van der Waals surface area contributed by atoms with Crippen LogP contribution in [0, 0.1) is 49.9 Å². The van der Waals surface area contributed by atoms with Crippen molar-refractivity contribution in [1.82, 2.24) is 0 Å². The summed E-state index contributed by atoms with van der Waals surface area (Å²) in [6, 6.07) is 19.2. The summed E-state index contributed by atoms with van der Waals surface area (Å²) < 4.78 is 70.1. The molecule has 0 aromatic heterocycles. The van der Waals surface area contributed by atoms with Crippen LogP contribution in [0.1, 0.15) is 203 Å². The first-order chi connectivity index (χ1) is 38.2. The molecule has 434 valence electrons. The van der Waals surface area contributed by atoms with Crippen LogP contribution in [-0.2, 0) is 32.5 Å². The highest BCUT2D eigenvalue weighted by Gasteiger charge is 2.50. The van der Waals surface area contributed by atoms with Gasteiger partial charge in [0.25, 0.3) is 0 Å². The number of hydrogen-bond donors (Lipinski definition) is 0. The quantitative estimate of drug-likeness (QED) is 0.0464. The summed E-state index contributed by atoms with van der Waals surface area (Å²) in [4.78, 5) is 0.